The van der Waals surface area contributed by atoms with Crippen molar-refractivity contribution in [3.63, 3.8) is 0 Å². The van der Waals surface area contributed by atoms with Crippen molar-refractivity contribution >= 4 is 5.97 Å². The molecule has 106 valence electrons. The number of rotatable bonds is 6. The highest BCUT2D eigenvalue weighted by Crippen LogP contribution is 2.12. The van der Waals surface area contributed by atoms with Crippen molar-refractivity contribution < 1.29 is 19.0 Å². The summed E-state index contributed by atoms with van der Waals surface area (Å²) >= 11 is 0. The Bertz CT molecular complexity index is 435. The zero-order chi connectivity index (χ0) is 14.4. The topological polar surface area (TPSA) is 58.6 Å². The van der Waals surface area contributed by atoms with Gasteiger partial charge in [-0.15, -0.1) is 0 Å². The SMILES string of the molecule is COC(=O)c1ccc(CNC(C)CC(C)O)cc1F. The molecule has 2 unspecified atom stereocenters. The van der Waals surface area contributed by atoms with Crippen LogP contribution >= 0.6 is 0 Å². The van der Waals surface area contributed by atoms with Gasteiger partial charge in [0, 0.05) is 12.6 Å². The standard InChI is InChI=1S/C14H20FNO3/c1-9(6-10(2)17)16-8-11-4-5-12(13(15)7-11)14(18)19-3/h4-5,7,9-10,16-17H,6,8H2,1-3H3. The smallest absolute Gasteiger partial charge is 0.340 e. The summed E-state index contributed by atoms with van der Waals surface area (Å²) in [5.74, 6) is -1.27. The van der Waals surface area contributed by atoms with E-state index in [1.165, 1.54) is 19.2 Å². The lowest BCUT2D eigenvalue weighted by Gasteiger charge is -2.15. The van der Waals surface area contributed by atoms with Gasteiger partial charge in [0.2, 0.25) is 0 Å². The Balaban J connectivity index is 2.61. The summed E-state index contributed by atoms with van der Waals surface area (Å²) in [4.78, 5) is 11.2. The Kier molecular flexibility index (Phi) is 5.92. The molecule has 0 saturated heterocycles. The third-order valence-corrected chi connectivity index (χ3v) is 2.79. The lowest BCUT2D eigenvalue weighted by Crippen LogP contribution is -2.28. The number of carbonyl (C=O) groups is 1. The molecule has 0 aliphatic rings. The highest BCUT2D eigenvalue weighted by atomic mass is 19.1. The van der Waals surface area contributed by atoms with E-state index in [4.69, 9.17) is 0 Å². The number of aliphatic hydroxyl groups excluding tert-OH is 1. The van der Waals surface area contributed by atoms with Crippen molar-refractivity contribution in [3.05, 3.63) is 35.1 Å². The first-order chi connectivity index (χ1) is 8.93. The van der Waals surface area contributed by atoms with Crippen LogP contribution in [0.3, 0.4) is 0 Å². The fraction of sp³-hybridized carbons (Fsp3) is 0.500. The van der Waals surface area contributed by atoms with Gasteiger partial charge in [0.05, 0.1) is 18.8 Å². The third-order valence-electron chi connectivity index (χ3n) is 2.79. The minimum absolute atomic E-state index is 0.0664. The van der Waals surface area contributed by atoms with Crippen LogP contribution in [0.25, 0.3) is 0 Å². The predicted octanol–water partition coefficient (Wildman–Crippen LogP) is 1.86. The highest BCUT2D eigenvalue weighted by molar-refractivity contribution is 5.89. The van der Waals surface area contributed by atoms with Gasteiger partial charge in [-0.1, -0.05) is 6.07 Å². The summed E-state index contributed by atoms with van der Waals surface area (Å²) in [5, 5.41) is 12.4. The van der Waals surface area contributed by atoms with Crippen molar-refractivity contribution in [1.29, 1.82) is 0 Å². The lowest BCUT2D eigenvalue weighted by molar-refractivity contribution is 0.0595. The van der Waals surface area contributed by atoms with Crippen molar-refractivity contribution in [2.75, 3.05) is 7.11 Å². The maximum atomic E-state index is 13.7. The van der Waals surface area contributed by atoms with Crippen molar-refractivity contribution in [3.8, 4) is 0 Å². The van der Waals surface area contributed by atoms with Gasteiger partial charge in [-0.05, 0) is 38.0 Å². The molecule has 4 nitrogen and oxygen atoms in total. The first-order valence-corrected chi connectivity index (χ1v) is 6.22. The van der Waals surface area contributed by atoms with Gasteiger partial charge >= 0.3 is 5.97 Å². The van der Waals surface area contributed by atoms with Gasteiger partial charge in [0.1, 0.15) is 5.82 Å². The maximum Gasteiger partial charge on any atom is 0.340 e. The zero-order valence-corrected chi connectivity index (χ0v) is 11.4. The second-order valence-corrected chi connectivity index (χ2v) is 4.67. The van der Waals surface area contributed by atoms with Gasteiger partial charge in [-0.3, -0.25) is 0 Å². The van der Waals surface area contributed by atoms with E-state index in [1.807, 2.05) is 6.92 Å². The Morgan fingerprint density at radius 3 is 2.68 bits per heavy atom. The number of ether oxygens (including phenoxy) is 1. The van der Waals surface area contributed by atoms with E-state index in [9.17, 15) is 14.3 Å². The Morgan fingerprint density at radius 1 is 1.47 bits per heavy atom. The van der Waals surface area contributed by atoms with Crippen LogP contribution in [-0.4, -0.2) is 30.3 Å². The Morgan fingerprint density at radius 2 is 2.16 bits per heavy atom. The van der Waals surface area contributed by atoms with Crippen molar-refractivity contribution in [2.24, 2.45) is 0 Å². The maximum absolute atomic E-state index is 13.7. The molecule has 0 saturated carbocycles. The summed E-state index contributed by atoms with van der Waals surface area (Å²) in [7, 11) is 1.22. The molecule has 1 aromatic carbocycles. The molecule has 0 aliphatic heterocycles. The second kappa shape index (κ2) is 7.21. The number of aliphatic hydroxyl groups is 1. The number of esters is 1. The first kappa shape index (κ1) is 15.6. The van der Waals surface area contributed by atoms with Crippen LogP contribution in [0, 0.1) is 5.82 Å². The first-order valence-electron chi connectivity index (χ1n) is 6.22. The van der Waals surface area contributed by atoms with E-state index in [0.717, 1.165) is 5.56 Å². The van der Waals surface area contributed by atoms with Gasteiger partial charge in [0.25, 0.3) is 0 Å². The van der Waals surface area contributed by atoms with E-state index >= 15 is 0 Å². The molecule has 0 aromatic heterocycles. The molecule has 0 fully saturated rings. The molecule has 2 N–H and O–H groups in total. The molecule has 2 atom stereocenters. The largest absolute Gasteiger partial charge is 0.465 e. The Hall–Kier alpha value is -1.46. The molecule has 0 spiro atoms. The van der Waals surface area contributed by atoms with Crippen molar-refractivity contribution in [2.45, 2.75) is 39.0 Å². The number of benzene rings is 1. The van der Waals surface area contributed by atoms with Gasteiger partial charge < -0.3 is 15.2 Å². The van der Waals surface area contributed by atoms with E-state index in [-0.39, 0.29) is 17.7 Å². The van der Waals surface area contributed by atoms with Crippen LogP contribution < -0.4 is 5.32 Å². The predicted molar refractivity (Wildman–Crippen MR) is 70.3 cm³/mol. The highest BCUT2D eigenvalue weighted by Gasteiger charge is 2.12. The number of halogens is 1. The molecule has 0 bridgehead atoms. The second-order valence-electron chi connectivity index (χ2n) is 4.67. The molecule has 1 aromatic rings. The number of hydrogen-bond acceptors (Lipinski definition) is 4. The summed E-state index contributed by atoms with van der Waals surface area (Å²) in [6.45, 7) is 4.15. The zero-order valence-electron chi connectivity index (χ0n) is 11.4. The Labute approximate surface area is 112 Å². The lowest BCUT2D eigenvalue weighted by atomic mass is 10.1. The van der Waals surface area contributed by atoms with Gasteiger partial charge in [-0.2, -0.15) is 0 Å². The average molecular weight is 269 g/mol. The molecule has 1 rings (SSSR count). The summed E-state index contributed by atoms with van der Waals surface area (Å²) in [5.41, 5.74) is 0.672. The summed E-state index contributed by atoms with van der Waals surface area (Å²) < 4.78 is 18.1. The van der Waals surface area contributed by atoms with Crippen LogP contribution in [0.4, 0.5) is 4.39 Å². The monoisotopic (exact) mass is 269 g/mol. The van der Waals surface area contributed by atoms with Crippen LogP contribution in [0.2, 0.25) is 0 Å². The van der Waals surface area contributed by atoms with E-state index in [2.05, 4.69) is 10.1 Å². The fourth-order valence-corrected chi connectivity index (χ4v) is 1.83. The molecule has 19 heavy (non-hydrogen) atoms. The minimum atomic E-state index is -0.681. The number of nitrogens with one attached hydrogen (secondary N) is 1. The molecule has 0 amide bonds. The minimum Gasteiger partial charge on any atom is -0.465 e. The normalized spacial score (nSPS) is 13.9. The van der Waals surface area contributed by atoms with E-state index in [0.29, 0.717) is 13.0 Å². The van der Waals surface area contributed by atoms with Crippen LogP contribution in [0.5, 0.6) is 0 Å². The van der Waals surface area contributed by atoms with Crippen molar-refractivity contribution in [1.82, 2.24) is 5.32 Å². The number of methoxy groups -OCH3 is 1. The molecule has 0 aliphatic carbocycles. The molecule has 0 radical (unpaired) electrons. The van der Waals surface area contributed by atoms with Gasteiger partial charge in [0.15, 0.2) is 0 Å². The average Bonchev–Trinajstić information content (AvgIpc) is 2.35. The summed E-state index contributed by atoms with van der Waals surface area (Å²) in [6, 6.07) is 4.53. The molecule has 0 heterocycles. The molecular weight excluding hydrogens is 249 g/mol. The van der Waals surface area contributed by atoms with E-state index < -0.39 is 11.8 Å². The van der Waals surface area contributed by atoms with Gasteiger partial charge in [-0.25, -0.2) is 9.18 Å². The summed E-state index contributed by atoms with van der Waals surface area (Å²) in [6.07, 6.45) is 0.254. The fourth-order valence-electron chi connectivity index (χ4n) is 1.83. The third kappa shape index (κ3) is 4.96. The van der Waals surface area contributed by atoms with Crippen LogP contribution in [-0.2, 0) is 11.3 Å². The number of hydrogen-bond donors (Lipinski definition) is 2. The molecular formula is C14H20FNO3. The van der Waals surface area contributed by atoms with E-state index in [1.54, 1.807) is 13.0 Å². The van der Waals surface area contributed by atoms with Crippen LogP contribution in [0.15, 0.2) is 18.2 Å². The number of carbonyl (C=O) groups excluding carboxylic acids is 1. The quantitative estimate of drug-likeness (QED) is 0.774. The molecule has 5 heteroatoms. The van der Waals surface area contributed by atoms with Crippen LogP contribution in [0.1, 0.15) is 36.2 Å².